The molecule has 0 radical (unpaired) electrons. The number of benzene rings is 1. The van der Waals surface area contributed by atoms with Gasteiger partial charge in [-0.25, -0.2) is 4.79 Å². The number of hydrogen-bond acceptors (Lipinski definition) is 4. The zero-order valence-electron chi connectivity index (χ0n) is 11.1. The van der Waals surface area contributed by atoms with Gasteiger partial charge in [0.15, 0.2) is 0 Å². The highest BCUT2D eigenvalue weighted by atomic mass is 16.5. The second-order valence-electron chi connectivity index (χ2n) is 4.48. The SMILES string of the molecule is CCOC(=O)c1ccc2c(c1)ncc1c(=O)n(C)[nH]c12. The number of esters is 1. The number of nitrogens with zero attached hydrogens (tertiary/aromatic N) is 2. The quantitative estimate of drug-likeness (QED) is 0.718. The maximum Gasteiger partial charge on any atom is 0.338 e. The number of carbonyl (C=O) groups is 1. The minimum atomic E-state index is -0.377. The van der Waals surface area contributed by atoms with Crippen LogP contribution in [0.2, 0.25) is 0 Å². The third-order valence-electron chi connectivity index (χ3n) is 3.19. The van der Waals surface area contributed by atoms with E-state index >= 15 is 0 Å². The van der Waals surface area contributed by atoms with Crippen molar-refractivity contribution in [3.8, 4) is 0 Å². The molecule has 0 aliphatic carbocycles. The van der Waals surface area contributed by atoms with Gasteiger partial charge in [-0.05, 0) is 25.1 Å². The van der Waals surface area contributed by atoms with Gasteiger partial charge in [0, 0.05) is 18.6 Å². The molecule has 1 aromatic carbocycles. The number of aryl methyl sites for hydroxylation is 1. The van der Waals surface area contributed by atoms with Crippen LogP contribution in [0.15, 0.2) is 29.2 Å². The summed E-state index contributed by atoms with van der Waals surface area (Å²) in [5, 5.41) is 4.32. The molecule has 0 unspecified atom stereocenters. The lowest BCUT2D eigenvalue weighted by Gasteiger charge is -2.03. The molecule has 0 bridgehead atoms. The lowest BCUT2D eigenvalue weighted by atomic mass is 10.1. The van der Waals surface area contributed by atoms with E-state index in [0.717, 1.165) is 10.9 Å². The Morgan fingerprint density at radius 1 is 1.40 bits per heavy atom. The van der Waals surface area contributed by atoms with E-state index in [2.05, 4.69) is 10.1 Å². The van der Waals surface area contributed by atoms with Gasteiger partial charge in [-0.15, -0.1) is 0 Å². The number of aromatic amines is 1. The Labute approximate surface area is 114 Å². The maximum absolute atomic E-state index is 11.8. The van der Waals surface area contributed by atoms with Crippen LogP contribution in [0.3, 0.4) is 0 Å². The van der Waals surface area contributed by atoms with Gasteiger partial charge >= 0.3 is 5.97 Å². The third-order valence-corrected chi connectivity index (χ3v) is 3.19. The molecule has 1 N–H and O–H groups in total. The van der Waals surface area contributed by atoms with Crippen LogP contribution in [-0.2, 0) is 11.8 Å². The second-order valence-corrected chi connectivity index (χ2v) is 4.48. The van der Waals surface area contributed by atoms with Crippen molar-refractivity contribution in [3.05, 3.63) is 40.3 Å². The fourth-order valence-electron chi connectivity index (χ4n) is 2.22. The first-order chi connectivity index (χ1) is 9.61. The minimum Gasteiger partial charge on any atom is -0.462 e. The van der Waals surface area contributed by atoms with Crippen LogP contribution in [-0.4, -0.2) is 27.3 Å². The van der Waals surface area contributed by atoms with Gasteiger partial charge in [-0.2, -0.15) is 0 Å². The molecule has 0 spiro atoms. The molecule has 0 aliphatic heterocycles. The Morgan fingerprint density at radius 3 is 2.95 bits per heavy atom. The van der Waals surface area contributed by atoms with E-state index in [-0.39, 0.29) is 11.5 Å². The number of aromatic nitrogens is 3. The molecule has 2 heterocycles. The monoisotopic (exact) mass is 271 g/mol. The third kappa shape index (κ3) is 1.77. The Bertz CT molecular complexity index is 876. The zero-order chi connectivity index (χ0) is 14.3. The van der Waals surface area contributed by atoms with Gasteiger partial charge < -0.3 is 4.74 Å². The number of hydrogen-bond donors (Lipinski definition) is 1. The Kier molecular flexibility index (Phi) is 2.78. The number of H-pyrrole nitrogens is 1. The van der Waals surface area contributed by atoms with E-state index in [0.29, 0.717) is 23.1 Å². The normalized spacial score (nSPS) is 11.1. The van der Waals surface area contributed by atoms with Gasteiger partial charge in [0.05, 0.1) is 28.6 Å². The molecule has 0 saturated heterocycles. The highest BCUT2D eigenvalue weighted by molar-refractivity contribution is 6.05. The van der Waals surface area contributed by atoms with Gasteiger partial charge in [0.25, 0.3) is 5.56 Å². The summed E-state index contributed by atoms with van der Waals surface area (Å²) >= 11 is 0. The van der Waals surface area contributed by atoms with E-state index in [1.54, 1.807) is 32.2 Å². The molecule has 0 amide bonds. The summed E-state index contributed by atoms with van der Waals surface area (Å²) < 4.78 is 6.37. The Balaban J connectivity index is 2.24. The number of carbonyl (C=O) groups excluding carboxylic acids is 1. The molecule has 102 valence electrons. The smallest absolute Gasteiger partial charge is 0.338 e. The molecule has 0 aliphatic rings. The molecule has 6 heteroatoms. The number of nitrogens with one attached hydrogen (secondary N) is 1. The summed E-state index contributed by atoms with van der Waals surface area (Å²) in [7, 11) is 1.65. The molecule has 6 nitrogen and oxygen atoms in total. The molecule has 2 aromatic heterocycles. The summed E-state index contributed by atoms with van der Waals surface area (Å²) in [6.45, 7) is 2.09. The summed E-state index contributed by atoms with van der Waals surface area (Å²) in [5.74, 6) is -0.377. The van der Waals surface area contributed by atoms with Crippen molar-refractivity contribution in [2.45, 2.75) is 6.92 Å². The predicted molar refractivity (Wildman–Crippen MR) is 74.8 cm³/mol. The fraction of sp³-hybridized carbons (Fsp3) is 0.214. The molecule has 20 heavy (non-hydrogen) atoms. The van der Waals surface area contributed by atoms with Crippen LogP contribution in [0.1, 0.15) is 17.3 Å². The van der Waals surface area contributed by atoms with Crippen molar-refractivity contribution < 1.29 is 9.53 Å². The number of fused-ring (bicyclic) bond motifs is 3. The Morgan fingerprint density at radius 2 is 2.20 bits per heavy atom. The fourth-order valence-corrected chi connectivity index (χ4v) is 2.22. The van der Waals surface area contributed by atoms with Crippen molar-refractivity contribution in [2.75, 3.05) is 6.61 Å². The van der Waals surface area contributed by atoms with E-state index in [1.165, 1.54) is 10.9 Å². The van der Waals surface area contributed by atoms with Crippen molar-refractivity contribution in [1.29, 1.82) is 0 Å². The second kappa shape index (κ2) is 4.48. The van der Waals surface area contributed by atoms with Crippen LogP contribution in [0.25, 0.3) is 21.8 Å². The topological polar surface area (TPSA) is 77.0 Å². The van der Waals surface area contributed by atoms with Crippen LogP contribution in [0, 0.1) is 0 Å². The van der Waals surface area contributed by atoms with Crippen LogP contribution in [0.5, 0.6) is 0 Å². The summed E-state index contributed by atoms with van der Waals surface area (Å²) in [6, 6.07) is 5.11. The molecular formula is C14H13N3O3. The standard InChI is InChI=1S/C14H13N3O3/c1-3-20-14(19)8-4-5-9-11(6-8)15-7-10-12(9)16-17(2)13(10)18/h4-7,16H,3H2,1-2H3. The highest BCUT2D eigenvalue weighted by Gasteiger charge is 2.12. The minimum absolute atomic E-state index is 0.121. The molecule has 0 saturated carbocycles. The van der Waals surface area contributed by atoms with Crippen molar-refractivity contribution >= 4 is 27.8 Å². The number of rotatable bonds is 2. The highest BCUT2D eigenvalue weighted by Crippen LogP contribution is 2.21. The van der Waals surface area contributed by atoms with E-state index < -0.39 is 0 Å². The average molecular weight is 271 g/mol. The van der Waals surface area contributed by atoms with Crippen molar-refractivity contribution in [3.63, 3.8) is 0 Å². The molecule has 0 fully saturated rings. The van der Waals surface area contributed by atoms with Gasteiger partial charge in [0.2, 0.25) is 0 Å². The summed E-state index contributed by atoms with van der Waals surface area (Å²) in [5.41, 5.74) is 1.69. The molecule has 0 atom stereocenters. The van der Waals surface area contributed by atoms with Gasteiger partial charge in [-0.3, -0.25) is 19.6 Å². The summed E-state index contributed by atoms with van der Waals surface area (Å²) in [4.78, 5) is 27.8. The first-order valence-electron chi connectivity index (χ1n) is 6.26. The first-order valence-corrected chi connectivity index (χ1v) is 6.26. The van der Waals surface area contributed by atoms with Crippen molar-refractivity contribution in [1.82, 2.24) is 14.8 Å². The lowest BCUT2D eigenvalue weighted by molar-refractivity contribution is 0.0526. The largest absolute Gasteiger partial charge is 0.462 e. The maximum atomic E-state index is 11.8. The summed E-state index contributed by atoms with van der Waals surface area (Å²) in [6.07, 6.45) is 1.52. The number of ether oxygens (including phenoxy) is 1. The molecule has 3 rings (SSSR count). The molecular weight excluding hydrogens is 258 g/mol. The number of pyridine rings is 1. The van der Waals surface area contributed by atoms with Gasteiger partial charge in [-0.1, -0.05) is 0 Å². The average Bonchev–Trinajstić information content (AvgIpc) is 2.74. The molecule has 3 aromatic rings. The van der Waals surface area contributed by atoms with E-state index in [4.69, 9.17) is 4.74 Å². The van der Waals surface area contributed by atoms with Crippen LogP contribution < -0.4 is 5.56 Å². The van der Waals surface area contributed by atoms with Crippen LogP contribution in [0.4, 0.5) is 0 Å². The van der Waals surface area contributed by atoms with Gasteiger partial charge in [0.1, 0.15) is 0 Å². The van der Waals surface area contributed by atoms with E-state index in [1.807, 2.05) is 0 Å². The predicted octanol–water partition coefficient (Wildman–Crippen LogP) is 1.59. The van der Waals surface area contributed by atoms with Crippen molar-refractivity contribution in [2.24, 2.45) is 7.05 Å². The zero-order valence-corrected chi connectivity index (χ0v) is 11.1. The lowest BCUT2D eigenvalue weighted by Crippen LogP contribution is -2.11. The van der Waals surface area contributed by atoms with Crippen LogP contribution >= 0.6 is 0 Å². The Hall–Kier alpha value is -2.63. The van der Waals surface area contributed by atoms with E-state index in [9.17, 15) is 9.59 Å². The first kappa shape index (κ1) is 12.4.